The van der Waals surface area contributed by atoms with Crippen LogP contribution in [0, 0.1) is 12.0 Å². The van der Waals surface area contributed by atoms with Crippen molar-refractivity contribution in [3.05, 3.63) is 16.7 Å². The minimum absolute atomic E-state index is 0.0530. The summed E-state index contributed by atoms with van der Waals surface area (Å²) in [6.07, 6.45) is 1.43. The standard InChI is InChI=1S/C8H7N5O/c1-2-3-13-4-10-6-5(13)7(14)12-8(9)11-6/h4H,1H3,(H3,9,11,12,14). The first kappa shape index (κ1) is 8.31. The molecule has 0 aromatic carbocycles. The highest BCUT2D eigenvalue weighted by atomic mass is 16.1. The number of hydrogen-bond acceptors (Lipinski definition) is 4. The normalized spacial score (nSPS) is 9.79. The Morgan fingerprint density at radius 3 is 3.14 bits per heavy atom. The second kappa shape index (κ2) is 2.88. The van der Waals surface area contributed by atoms with Crippen molar-refractivity contribution in [1.82, 2.24) is 19.5 Å². The van der Waals surface area contributed by atoms with E-state index in [1.165, 1.54) is 10.9 Å². The number of hydrogen-bond donors (Lipinski definition) is 2. The smallest absolute Gasteiger partial charge is 0.279 e. The van der Waals surface area contributed by atoms with E-state index in [1.807, 2.05) is 0 Å². The quantitative estimate of drug-likeness (QED) is 0.548. The number of fused-ring (bicyclic) bond motifs is 1. The Kier molecular flexibility index (Phi) is 1.71. The maximum Gasteiger partial charge on any atom is 0.279 e. The second-order valence-electron chi connectivity index (χ2n) is 2.60. The predicted molar refractivity (Wildman–Crippen MR) is 51.4 cm³/mol. The van der Waals surface area contributed by atoms with Gasteiger partial charge in [0.05, 0.1) is 0 Å². The molecule has 0 saturated carbocycles. The fourth-order valence-corrected chi connectivity index (χ4v) is 1.15. The summed E-state index contributed by atoms with van der Waals surface area (Å²) in [7, 11) is 0. The highest BCUT2D eigenvalue weighted by Crippen LogP contribution is 2.03. The van der Waals surface area contributed by atoms with Crippen LogP contribution in [0.15, 0.2) is 11.1 Å². The highest BCUT2D eigenvalue weighted by Gasteiger charge is 2.07. The molecule has 0 amide bonds. The van der Waals surface area contributed by atoms with Crippen LogP contribution < -0.4 is 11.3 Å². The number of anilines is 1. The Morgan fingerprint density at radius 1 is 1.64 bits per heavy atom. The lowest BCUT2D eigenvalue weighted by Gasteiger charge is -1.92. The zero-order valence-electron chi connectivity index (χ0n) is 7.40. The third kappa shape index (κ3) is 1.11. The number of aromatic nitrogens is 4. The lowest BCUT2D eigenvalue weighted by atomic mass is 10.5. The van der Waals surface area contributed by atoms with E-state index < -0.39 is 0 Å². The summed E-state index contributed by atoms with van der Waals surface area (Å²) >= 11 is 0. The molecule has 0 bridgehead atoms. The van der Waals surface area contributed by atoms with Crippen LogP contribution in [-0.2, 0) is 0 Å². The Labute approximate surface area is 78.8 Å². The van der Waals surface area contributed by atoms with E-state index in [0.717, 1.165) is 0 Å². The largest absolute Gasteiger partial charge is 0.369 e. The van der Waals surface area contributed by atoms with Crippen molar-refractivity contribution in [2.75, 3.05) is 5.73 Å². The van der Waals surface area contributed by atoms with Crippen LogP contribution in [0.4, 0.5) is 5.95 Å². The van der Waals surface area contributed by atoms with E-state index in [4.69, 9.17) is 5.73 Å². The van der Waals surface area contributed by atoms with Gasteiger partial charge >= 0.3 is 0 Å². The molecule has 70 valence electrons. The molecule has 0 radical (unpaired) electrons. The first-order valence-corrected chi connectivity index (χ1v) is 3.88. The van der Waals surface area contributed by atoms with Crippen molar-refractivity contribution in [2.24, 2.45) is 0 Å². The van der Waals surface area contributed by atoms with Gasteiger partial charge in [0.2, 0.25) is 5.95 Å². The van der Waals surface area contributed by atoms with Gasteiger partial charge in [0.15, 0.2) is 11.2 Å². The van der Waals surface area contributed by atoms with Crippen molar-refractivity contribution < 1.29 is 0 Å². The van der Waals surface area contributed by atoms with E-state index in [-0.39, 0.29) is 11.5 Å². The van der Waals surface area contributed by atoms with Gasteiger partial charge in [-0.2, -0.15) is 4.98 Å². The number of nitrogens with one attached hydrogen (secondary N) is 1. The molecule has 2 rings (SSSR count). The molecule has 6 heteroatoms. The number of aromatic amines is 1. The van der Waals surface area contributed by atoms with Crippen LogP contribution in [0.5, 0.6) is 0 Å². The van der Waals surface area contributed by atoms with Gasteiger partial charge < -0.3 is 5.73 Å². The van der Waals surface area contributed by atoms with E-state index >= 15 is 0 Å². The molecule has 0 saturated heterocycles. The third-order valence-corrected chi connectivity index (χ3v) is 1.66. The minimum atomic E-state index is -0.340. The molecule has 0 atom stereocenters. The number of imidazole rings is 1. The van der Waals surface area contributed by atoms with E-state index in [1.54, 1.807) is 6.92 Å². The fourth-order valence-electron chi connectivity index (χ4n) is 1.15. The maximum atomic E-state index is 11.5. The van der Waals surface area contributed by atoms with E-state index in [0.29, 0.717) is 11.2 Å². The SMILES string of the molecule is CC#Cn1cnc2nc(N)[nH]c(=O)c21. The van der Waals surface area contributed by atoms with Crippen molar-refractivity contribution >= 4 is 17.1 Å². The number of nitrogens with zero attached hydrogens (tertiary/aromatic N) is 3. The average molecular weight is 189 g/mol. The van der Waals surface area contributed by atoms with E-state index in [9.17, 15) is 4.79 Å². The minimum Gasteiger partial charge on any atom is -0.369 e. The summed E-state index contributed by atoms with van der Waals surface area (Å²) in [5, 5.41) is 0. The van der Waals surface area contributed by atoms with Gasteiger partial charge in [0, 0.05) is 6.04 Å². The second-order valence-corrected chi connectivity index (χ2v) is 2.60. The Morgan fingerprint density at radius 2 is 2.43 bits per heavy atom. The van der Waals surface area contributed by atoms with Crippen LogP contribution in [0.1, 0.15) is 6.92 Å². The number of nitrogens with two attached hydrogens (primary N) is 1. The number of H-pyrrole nitrogens is 1. The summed E-state index contributed by atoms with van der Waals surface area (Å²) < 4.78 is 1.42. The average Bonchev–Trinajstić information content (AvgIpc) is 2.49. The highest BCUT2D eigenvalue weighted by molar-refractivity contribution is 5.71. The molecule has 2 aromatic rings. The number of nitrogen functional groups attached to an aromatic ring is 1. The van der Waals surface area contributed by atoms with Gasteiger partial charge in [0.1, 0.15) is 6.33 Å². The van der Waals surface area contributed by atoms with Crippen molar-refractivity contribution in [3.63, 3.8) is 0 Å². The van der Waals surface area contributed by atoms with Crippen LogP contribution in [-0.4, -0.2) is 19.5 Å². The summed E-state index contributed by atoms with van der Waals surface area (Å²) in [6.45, 7) is 1.67. The molecule has 0 fully saturated rings. The third-order valence-electron chi connectivity index (χ3n) is 1.66. The Hall–Kier alpha value is -2.29. The first-order chi connectivity index (χ1) is 6.72. The molecule has 14 heavy (non-hydrogen) atoms. The molecule has 3 N–H and O–H groups in total. The monoisotopic (exact) mass is 189 g/mol. The molecular formula is C8H7N5O. The Bertz CT molecular complexity index is 597. The molecule has 0 spiro atoms. The topological polar surface area (TPSA) is 89.6 Å². The van der Waals surface area contributed by atoms with E-state index in [2.05, 4.69) is 26.9 Å². The summed E-state index contributed by atoms with van der Waals surface area (Å²) in [6, 6.07) is 2.69. The van der Waals surface area contributed by atoms with Gasteiger partial charge in [-0.05, 0) is 6.92 Å². The molecule has 2 heterocycles. The maximum absolute atomic E-state index is 11.5. The lowest BCUT2D eigenvalue weighted by molar-refractivity contribution is 1.12. The molecule has 0 aliphatic heterocycles. The lowest BCUT2D eigenvalue weighted by Crippen LogP contribution is -2.13. The zero-order valence-corrected chi connectivity index (χ0v) is 7.40. The van der Waals surface area contributed by atoms with Crippen molar-refractivity contribution in [2.45, 2.75) is 6.92 Å². The molecule has 2 aromatic heterocycles. The van der Waals surface area contributed by atoms with Crippen LogP contribution >= 0.6 is 0 Å². The van der Waals surface area contributed by atoms with Gasteiger partial charge in [-0.1, -0.05) is 5.92 Å². The predicted octanol–water partition coefficient (Wildman–Crippen LogP) is -0.469. The molecular weight excluding hydrogens is 182 g/mol. The van der Waals surface area contributed by atoms with Gasteiger partial charge in [-0.3, -0.25) is 14.3 Å². The van der Waals surface area contributed by atoms with Crippen LogP contribution in [0.2, 0.25) is 0 Å². The van der Waals surface area contributed by atoms with Gasteiger partial charge in [0.25, 0.3) is 5.56 Å². The van der Waals surface area contributed by atoms with Gasteiger partial charge in [-0.15, -0.1) is 0 Å². The van der Waals surface area contributed by atoms with Crippen LogP contribution in [0.3, 0.4) is 0 Å². The van der Waals surface area contributed by atoms with Gasteiger partial charge in [-0.25, -0.2) is 4.98 Å². The van der Waals surface area contributed by atoms with Crippen LogP contribution in [0.25, 0.3) is 11.2 Å². The summed E-state index contributed by atoms with van der Waals surface area (Å²) in [5.41, 5.74) is 5.63. The zero-order chi connectivity index (χ0) is 10.1. The summed E-state index contributed by atoms with van der Waals surface area (Å²) in [5.74, 6) is 2.72. The first-order valence-electron chi connectivity index (χ1n) is 3.88. The number of rotatable bonds is 0. The molecule has 0 aliphatic rings. The van der Waals surface area contributed by atoms with Crippen molar-refractivity contribution in [3.8, 4) is 12.0 Å². The fraction of sp³-hybridized carbons (Fsp3) is 0.125. The summed E-state index contributed by atoms with van der Waals surface area (Å²) in [4.78, 5) is 21.6. The van der Waals surface area contributed by atoms with Crippen molar-refractivity contribution in [1.29, 1.82) is 0 Å². The Balaban J connectivity index is 2.90. The molecule has 0 unspecified atom stereocenters. The molecule has 0 aliphatic carbocycles. The molecule has 6 nitrogen and oxygen atoms in total.